The lowest BCUT2D eigenvalue weighted by atomic mass is 10.1. The molecule has 1 unspecified atom stereocenters. The summed E-state index contributed by atoms with van der Waals surface area (Å²) in [7, 11) is 0. The molecule has 2 saturated heterocycles. The second-order valence-corrected chi connectivity index (χ2v) is 8.31. The second-order valence-electron chi connectivity index (χ2n) is 8.31. The van der Waals surface area contributed by atoms with Crippen molar-refractivity contribution in [2.75, 3.05) is 62.3 Å². The van der Waals surface area contributed by atoms with Gasteiger partial charge in [0.2, 0.25) is 0 Å². The summed E-state index contributed by atoms with van der Waals surface area (Å²) < 4.78 is 5.47. The van der Waals surface area contributed by atoms with Crippen LogP contribution in [0.25, 0.3) is 22.3 Å². The predicted octanol–water partition coefficient (Wildman–Crippen LogP) is 2.96. The number of ether oxygens (including phenoxy) is 1. The van der Waals surface area contributed by atoms with Crippen molar-refractivity contribution in [1.82, 2.24) is 20.3 Å². The van der Waals surface area contributed by atoms with Crippen molar-refractivity contribution in [2.45, 2.75) is 13.3 Å². The molecule has 1 N–H and O–H groups in total. The maximum atomic E-state index is 5.47. The number of aromatic nitrogens is 3. The Kier molecular flexibility index (Phi) is 5.95. The highest BCUT2D eigenvalue weighted by Gasteiger charge is 2.25. The Morgan fingerprint density at radius 2 is 1.84 bits per heavy atom. The zero-order chi connectivity index (χ0) is 21.0. The van der Waals surface area contributed by atoms with Gasteiger partial charge >= 0.3 is 0 Å². The van der Waals surface area contributed by atoms with Gasteiger partial charge in [0.05, 0.1) is 24.4 Å². The Hall–Kier alpha value is -2.77. The molecule has 0 aliphatic carbocycles. The molecule has 31 heavy (non-hydrogen) atoms. The highest BCUT2D eigenvalue weighted by atomic mass is 16.5. The zero-order valence-corrected chi connectivity index (χ0v) is 18.1. The fourth-order valence-electron chi connectivity index (χ4n) is 4.53. The fourth-order valence-corrected chi connectivity index (χ4v) is 4.53. The van der Waals surface area contributed by atoms with E-state index in [1.54, 1.807) is 12.4 Å². The number of anilines is 2. The molecule has 1 atom stereocenters. The monoisotopic (exact) mass is 418 g/mol. The molecule has 5 rings (SSSR count). The van der Waals surface area contributed by atoms with Crippen molar-refractivity contribution in [1.29, 1.82) is 0 Å². The third-order valence-corrected chi connectivity index (χ3v) is 6.25. The molecular formula is C24H30N6O. The highest BCUT2D eigenvalue weighted by Crippen LogP contribution is 2.31. The number of fused-ring (bicyclic) bond motifs is 1. The van der Waals surface area contributed by atoms with Crippen LogP contribution >= 0.6 is 0 Å². The minimum Gasteiger partial charge on any atom is -0.378 e. The van der Waals surface area contributed by atoms with Crippen molar-refractivity contribution in [2.24, 2.45) is 5.92 Å². The van der Waals surface area contributed by atoms with E-state index in [0.29, 0.717) is 5.92 Å². The first-order chi connectivity index (χ1) is 15.3. The van der Waals surface area contributed by atoms with E-state index in [-0.39, 0.29) is 0 Å². The van der Waals surface area contributed by atoms with Crippen LogP contribution in [0, 0.1) is 5.92 Å². The standard InChI is InChI=1S/C24H30N6O/c1-2-25-16-18-7-10-30(17-18)24-23-22(26-8-9-27-23)15-21(28-24)19-3-5-20(6-4-19)29-11-13-31-14-12-29/h3-6,8-9,15,18,25H,2,7,10-14,16-17H2,1H3. The number of benzene rings is 1. The van der Waals surface area contributed by atoms with Crippen molar-refractivity contribution in [3.63, 3.8) is 0 Å². The maximum absolute atomic E-state index is 5.47. The maximum Gasteiger partial charge on any atom is 0.157 e. The lowest BCUT2D eigenvalue weighted by Crippen LogP contribution is -2.36. The molecule has 7 heteroatoms. The van der Waals surface area contributed by atoms with Gasteiger partial charge in [-0.05, 0) is 43.6 Å². The highest BCUT2D eigenvalue weighted by molar-refractivity contribution is 5.89. The number of morpholine rings is 1. The number of hydrogen-bond donors (Lipinski definition) is 1. The summed E-state index contributed by atoms with van der Waals surface area (Å²) in [6.07, 6.45) is 4.70. The van der Waals surface area contributed by atoms with Crippen LogP contribution in [0.4, 0.5) is 11.5 Å². The van der Waals surface area contributed by atoms with Crippen molar-refractivity contribution >= 4 is 22.5 Å². The van der Waals surface area contributed by atoms with E-state index in [2.05, 4.69) is 62.3 Å². The van der Waals surface area contributed by atoms with Crippen LogP contribution < -0.4 is 15.1 Å². The van der Waals surface area contributed by atoms with Gasteiger partial charge in [-0.2, -0.15) is 0 Å². The summed E-state index contributed by atoms with van der Waals surface area (Å²) in [5.41, 5.74) is 5.08. The Morgan fingerprint density at radius 3 is 2.65 bits per heavy atom. The van der Waals surface area contributed by atoms with Gasteiger partial charge in [-0.1, -0.05) is 19.1 Å². The third kappa shape index (κ3) is 4.34. The molecule has 2 aliphatic rings. The molecule has 0 saturated carbocycles. The van der Waals surface area contributed by atoms with Crippen molar-refractivity contribution in [3.8, 4) is 11.3 Å². The van der Waals surface area contributed by atoms with Gasteiger partial charge < -0.3 is 19.9 Å². The predicted molar refractivity (Wildman–Crippen MR) is 125 cm³/mol. The summed E-state index contributed by atoms with van der Waals surface area (Å²) >= 11 is 0. The number of nitrogens with zero attached hydrogens (tertiary/aromatic N) is 5. The van der Waals surface area contributed by atoms with E-state index in [9.17, 15) is 0 Å². The van der Waals surface area contributed by atoms with Crippen LogP contribution in [-0.4, -0.2) is 67.4 Å². The second kappa shape index (κ2) is 9.16. The zero-order valence-electron chi connectivity index (χ0n) is 18.1. The van der Waals surface area contributed by atoms with Gasteiger partial charge in [-0.3, -0.25) is 4.98 Å². The summed E-state index contributed by atoms with van der Waals surface area (Å²) in [5.74, 6) is 1.60. The first kappa shape index (κ1) is 20.2. The van der Waals surface area contributed by atoms with Crippen molar-refractivity contribution < 1.29 is 4.74 Å². The van der Waals surface area contributed by atoms with Gasteiger partial charge in [0, 0.05) is 49.8 Å². The quantitative estimate of drug-likeness (QED) is 0.660. The Bertz CT molecular complexity index is 1020. The van der Waals surface area contributed by atoms with Gasteiger partial charge in [0.15, 0.2) is 5.82 Å². The number of nitrogens with one attached hydrogen (secondary N) is 1. The summed E-state index contributed by atoms with van der Waals surface area (Å²) in [6.45, 7) is 9.71. The lowest BCUT2D eigenvalue weighted by molar-refractivity contribution is 0.122. The largest absolute Gasteiger partial charge is 0.378 e. The molecule has 2 aromatic heterocycles. The Morgan fingerprint density at radius 1 is 1.03 bits per heavy atom. The lowest BCUT2D eigenvalue weighted by Gasteiger charge is -2.29. The van der Waals surface area contributed by atoms with Crippen LogP contribution in [0.1, 0.15) is 13.3 Å². The summed E-state index contributed by atoms with van der Waals surface area (Å²) in [4.78, 5) is 19.0. The number of pyridine rings is 1. The van der Waals surface area contributed by atoms with E-state index in [1.807, 2.05) is 0 Å². The molecule has 162 valence electrons. The van der Waals surface area contributed by atoms with Gasteiger partial charge in [-0.25, -0.2) is 9.97 Å². The van der Waals surface area contributed by atoms with E-state index >= 15 is 0 Å². The van der Waals surface area contributed by atoms with Gasteiger partial charge in [0.25, 0.3) is 0 Å². The van der Waals surface area contributed by atoms with Crippen molar-refractivity contribution in [3.05, 3.63) is 42.7 Å². The molecule has 7 nitrogen and oxygen atoms in total. The van der Waals surface area contributed by atoms with Crippen LogP contribution in [0.2, 0.25) is 0 Å². The van der Waals surface area contributed by atoms with E-state index in [0.717, 1.165) is 80.6 Å². The number of rotatable bonds is 6. The smallest absolute Gasteiger partial charge is 0.157 e. The van der Waals surface area contributed by atoms with Gasteiger partial charge in [-0.15, -0.1) is 0 Å². The molecule has 0 radical (unpaired) electrons. The molecule has 0 amide bonds. The molecule has 3 aromatic rings. The van der Waals surface area contributed by atoms with E-state index in [4.69, 9.17) is 9.72 Å². The first-order valence-electron chi connectivity index (χ1n) is 11.3. The fraction of sp³-hybridized carbons (Fsp3) is 0.458. The molecule has 0 bridgehead atoms. The SMILES string of the molecule is CCNCC1CCN(c2nc(-c3ccc(N4CCOCC4)cc3)cc3nccnc23)C1. The summed E-state index contributed by atoms with van der Waals surface area (Å²) in [5, 5.41) is 3.48. The molecular weight excluding hydrogens is 388 g/mol. The minimum absolute atomic E-state index is 0.643. The molecule has 0 spiro atoms. The topological polar surface area (TPSA) is 66.4 Å². The third-order valence-electron chi connectivity index (χ3n) is 6.25. The van der Waals surface area contributed by atoms with E-state index < -0.39 is 0 Å². The van der Waals surface area contributed by atoms with Crippen LogP contribution in [0.5, 0.6) is 0 Å². The normalized spacial score (nSPS) is 19.3. The Balaban J connectivity index is 1.44. The molecule has 1 aromatic carbocycles. The van der Waals surface area contributed by atoms with E-state index in [1.165, 1.54) is 12.1 Å². The number of hydrogen-bond acceptors (Lipinski definition) is 7. The summed E-state index contributed by atoms with van der Waals surface area (Å²) in [6, 6.07) is 10.8. The van der Waals surface area contributed by atoms with Crippen LogP contribution in [0.3, 0.4) is 0 Å². The van der Waals surface area contributed by atoms with Crippen LogP contribution in [0.15, 0.2) is 42.7 Å². The first-order valence-corrected chi connectivity index (χ1v) is 11.3. The van der Waals surface area contributed by atoms with Gasteiger partial charge in [0.1, 0.15) is 5.52 Å². The average molecular weight is 419 g/mol. The van der Waals surface area contributed by atoms with Crippen LogP contribution in [-0.2, 0) is 4.74 Å². The Labute approximate surface area is 183 Å². The minimum atomic E-state index is 0.643. The molecule has 2 aliphatic heterocycles. The molecule has 4 heterocycles. The average Bonchev–Trinajstić information content (AvgIpc) is 3.31. The molecule has 2 fully saturated rings.